The second-order valence-corrected chi connectivity index (χ2v) is 7.15. The molecule has 1 aliphatic rings. The third kappa shape index (κ3) is 5.64. The zero-order chi connectivity index (χ0) is 21.5. The van der Waals surface area contributed by atoms with Crippen LogP contribution in [-0.4, -0.2) is 56.5 Å². The van der Waals surface area contributed by atoms with Gasteiger partial charge in [0.15, 0.2) is 5.82 Å². The minimum atomic E-state index is -0.558. The highest BCUT2D eigenvalue weighted by Crippen LogP contribution is 2.23. The monoisotopic (exact) mass is 421 g/mol. The van der Waals surface area contributed by atoms with Gasteiger partial charge >= 0.3 is 0 Å². The fourth-order valence-electron chi connectivity index (χ4n) is 3.42. The van der Waals surface area contributed by atoms with E-state index < -0.39 is 6.04 Å². The Kier molecular flexibility index (Phi) is 6.48. The minimum Gasteiger partial charge on any atom is -0.457 e. The molecule has 4 rings (SSSR count). The predicted octanol–water partition coefficient (Wildman–Crippen LogP) is 0.999. The van der Waals surface area contributed by atoms with E-state index in [9.17, 15) is 9.59 Å². The molecule has 1 aromatic heterocycles. The Morgan fingerprint density at radius 1 is 1.16 bits per heavy atom. The van der Waals surface area contributed by atoms with E-state index in [1.165, 1.54) is 0 Å². The van der Waals surface area contributed by atoms with Gasteiger partial charge < -0.3 is 15.4 Å². The van der Waals surface area contributed by atoms with E-state index in [-0.39, 0.29) is 24.8 Å². The van der Waals surface area contributed by atoms with Crippen LogP contribution >= 0.6 is 0 Å². The number of hydrogen-bond donors (Lipinski definition) is 3. The van der Waals surface area contributed by atoms with Crippen molar-refractivity contribution in [1.29, 1.82) is 0 Å². The predicted molar refractivity (Wildman–Crippen MR) is 111 cm³/mol. The van der Waals surface area contributed by atoms with Crippen LogP contribution < -0.4 is 15.4 Å². The summed E-state index contributed by atoms with van der Waals surface area (Å²) in [7, 11) is 0. The first kappa shape index (κ1) is 20.5. The second kappa shape index (κ2) is 9.81. The zero-order valence-electron chi connectivity index (χ0n) is 16.8. The number of rotatable bonds is 8. The Bertz CT molecular complexity index is 1010. The Morgan fingerprint density at radius 2 is 2.00 bits per heavy atom. The van der Waals surface area contributed by atoms with Gasteiger partial charge in [-0.2, -0.15) is 5.21 Å². The molecule has 1 fully saturated rings. The largest absolute Gasteiger partial charge is 0.457 e. The van der Waals surface area contributed by atoms with Crippen LogP contribution in [0.2, 0.25) is 0 Å². The van der Waals surface area contributed by atoms with Crippen LogP contribution in [0, 0.1) is 0 Å². The smallest absolute Gasteiger partial charge is 0.237 e. The lowest BCUT2D eigenvalue weighted by Crippen LogP contribution is -2.56. The van der Waals surface area contributed by atoms with Gasteiger partial charge in [0.1, 0.15) is 11.5 Å². The summed E-state index contributed by atoms with van der Waals surface area (Å²) in [5.74, 6) is 1.46. The van der Waals surface area contributed by atoms with Crippen LogP contribution in [-0.2, 0) is 22.7 Å². The first-order valence-corrected chi connectivity index (χ1v) is 10.00. The number of benzene rings is 2. The zero-order valence-corrected chi connectivity index (χ0v) is 16.8. The number of aromatic nitrogens is 4. The van der Waals surface area contributed by atoms with Crippen molar-refractivity contribution in [2.45, 2.75) is 25.6 Å². The molecule has 0 saturated carbocycles. The van der Waals surface area contributed by atoms with E-state index in [4.69, 9.17) is 4.74 Å². The summed E-state index contributed by atoms with van der Waals surface area (Å²) < 4.78 is 5.91. The second-order valence-electron chi connectivity index (χ2n) is 7.15. The molecule has 0 bridgehead atoms. The lowest BCUT2D eigenvalue weighted by Gasteiger charge is -2.34. The van der Waals surface area contributed by atoms with Gasteiger partial charge in [0.2, 0.25) is 11.8 Å². The van der Waals surface area contributed by atoms with Crippen molar-refractivity contribution in [1.82, 2.24) is 36.2 Å². The van der Waals surface area contributed by atoms with Gasteiger partial charge in [-0.15, -0.1) is 10.2 Å². The molecule has 3 aromatic rings. The summed E-state index contributed by atoms with van der Waals surface area (Å²) >= 11 is 0. The molecule has 2 amide bonds. The fraction of sp³-hybridized carbons (Fsp3) is 0.286. The summed E-state index contributed by atoms with van der Waals surface area (Å²) in [4.78, 5) is 26.9. The van der Waals surface area contributed by atoms with Gasteiger partial charge in [-0.3, -0.25) is 14.5 Å². The molecule has 1 atom stereocenters. The number of aromatic amines is 1. The van der Waals surface area contributed by atoms with Gasteiger partial charge in [-0.05, 0) is 29.8 Å². The molecule has 0 aliphatic carbocycles. The lowest BCUT2D eigenvalue weighted by molar-refractivity contribution is -0.134. The molecule has 2 aromatic carbocycles. The maximum absolute atomic E-state index is 12.5. The number of tetrazole rings is 1. The topological polar surface area (TPSA) is 125 Å². The van der Waals surface area contributed by atoms with Crippen molar-refractivity contribution >= 4 is 11.8 Å². The first-order chi connectivity index (χ1) is 15.2. The quantitative estimate of drug-likeness (QED) is 0.495. The van der Waals surface area contributed by atoms with Crippen LogP contribution in [0.15, 0.2) is 54.6 Å². The number of amides is 2. The molecule has 31 heavy (non-hydrogen) atoms. The summed E-state index contributed by atoms with van der Waals surface area (Å²) in [6.07, 6.45) is 0.0455. The van der Waals surface area contributed by atoms with E-state index in [1.807, 2.05) is 59.5 Å². The van der Waals surface area contributed by atoms with Crippen molar-refractivity contribution in [3.63, 3.8) is 0 Å². The van der Waals surface area contributed by atoms with E-state index in [0.29, 0.717) is 25.5 Å². The number of carbonyl (C=O) groups excluding carboxylic acids is 2. The molecular formula is C21H23N7O3. The number of carbonyl (C=O) groups is 2. The van der Waals surface area contributed by atoms with E-state index in [0.717, 1.165) is 17.1 Å². The molecule has 0 unspecified atom stereocenters. The van der Waals surface area contributed by atoms with Crippen molar-refractivity contribution in [3.8, 4) is 11.5 Å². The van der Waals surface area contributed by atoms with Gasteiger partial charge in [-0.25, -0.2) is 0 Å². The Morgan fingerprint density at radius 3 is 2.81 bits per heavy atom. The molecule has 0 radical (unpaired) electrons. The van der Waals surface area contributed by atoms with Crippen LogP contribution in [0.1, 0.15) is 17.8 Å². The third-order valence-corrected chi connectivity index (χ3v) is 4.92. The summed E-state index contributed by atoms with van der Waals surface area (Å²) in [6.45, 7) is 1.88. The number of piperazine rings is 1. The highest BCUT2D eigenvalue weighted by atomic mass is 16.5. The number of H-pyrrole nitrogens is 1. The Labute approximate surface area is 179 Å². The summed E-state index contributed by atoms with van der Waals surface area (Å²) in [5, 5.41) is 18.9. The number of para-hydroxylation sites is 1. The van der Waals surface area contributed by atoms with Crippen LogP contribution in [0.4, 0.5) is 0 Å². The molecule has 160 valence electrons. The molecule has 0 spiro atoms. The number of nitrogens with one attached hydrogen (secondary N) is 3. The van der Waals surface area contributed by atoms with Crippen molar-refractivity contribution in [2.24, 2.45) is 0 Å². The molecule has 10 heteroatoms. The van der Waals surface area contributed by atoms with E-state index in [1.54, 1.807) is 0 Å². The summed E-state index contributed by atoms with van der Waals surface area (Å²) in [6, 6.07) is 16.7. The molecule has 1 aliphatic heterocycles. The lowest BCUT2D eigenvalue weighted by atomic mass is 10.1. The van der Waals surface area contributed by atoms with Gasteiger partial charge in [0, 0.05) is 19.6 Å². The third-order valence-electron chi connectivity index (χ3n) is 4.92. The number of ether oxygens (including phenoxy) is 1. The maximum Gasteiger partial charge on any atom is 0.237 e. The number of hydrogen-bond acceptors (Lipinski definition) is 7. The average molecular weight is 421 g/mol. The normalized spacial score (nSPS) is 16.5. The van der Waals surface area contributed by atoms with E-state index >= 15 is 0 Å². The SMILES string of the molecule is O=C(C[C@@H]1C(=O)NCCN1Cc1cccc(Oc2ccccc2)c1)NCc1nn[nH]n1. The molecule has 3 N–H and O–H groups in total. The van der Waals surface area contributed by atoms with Crippen LogP contribution in [0.3, 0.4) is 0 Å². The maximum atomic E-state index is 12.5. The molecule has 10 nitrogen and oxygen atoms in total. The number of nitrogens with zero attached hydrogens (tertiary/aromatic N) is 4. The molecular weight excluding hydrogens is 398 g/mol. The molecule has 2 heterocycles. The van der Waals surface area contributed by atoms with Crippen molar-refractivity contribution in [3.05, 3.63) is 66.0 Å². The standard InChI is InChI=1S/C21H23N7O3/c29-20(23-13-19-24-26-27-25-19)12-18-21(30)22-9-10-28(18)14-15-5-4-8-17(11-15)31-16-6-2-1-3-7-16/h1-8,11,18H,9-10,12-14H2,(H,22,30)(H,23,29)(H,24,25,26,27)/t18-/m1/s1. The highest BCUT2D eigenvalue weighted by molar-refractivity contribution is 5.88. The highest BCUT2D eigenvalue weighted by Gasteiger charge is 2.31. The summed E-state index contributed by atoms with van der Waals surface area (Å²) in [5.41, 5.74) is 1.00. The first-order valence-electron chi connectivity index (χ1n) is 10.00. The van der Waals surface area contributed by atoms with Crippen LogP contribution in [0.25, 0.3) is 0 Å². The van der Waals surface area contributed by atoms with Crippen molar-refractivity contribution < 1.29 is 14.3 Å². The minimum absolute atomic E-state index is 0.0455. The van der Waals surface area contributed by atoms with E-state index in [2.05, 4.69) is 31.3 Å². The van der Waals surface area contributed by atoms with Gasteiger partial charge in [-0.1, -0.05) is 35.5 Å². The molecule has 1 saturated heterocycles. The average Bonchev–Trinajstić information content (AvgIpc) is 3.30. The Balaban J connectivity index is 1.39. The van der Waals surface area contributed by atoms with Gasteiger partial charge in [0.05, 0.1) is 19.0 Å². The van der Waals surface area contributed by atoms with Crippen LogP contribution in [0.5, 0.6) is 11.5 Å². The fourth-order valence-corrected chi connectivity index (χ4v) is 3.42. The van der Waals surface area contributed by atoms with Gasteiger partial charge in [0.25, 0.3) is 0 Å². The van der Waals surface area contributed by atoms with Crippen molar-refractivity contribution in [2.75, 3.05) is 13.1 Å². The Hall–Kier alpha value is -3.79.